The average molecular weight is 309 g/mol. The molecule has 0 radical (unpaired) electrons. The zero-order valence-electron chi connectivity index (χ0n) is 9.33. The molecule has 1 heterocycles. The van der Waals surface area contributed by atoms with E-state index in [1.54, 1.807) is 0 Å². The first-order chi connectivity index (χ1) is 9.25. The van der Waals surface area contributed by atoms with Crippen LogP contribution < -0.4 is 5.32 Å². The summed E-state index contributed by atoms with van der Waals surface area (Å²) in [5.74, 6) is -2.96. The Bertz CT molecular complexity index is 634. The second-order valence-corrected chi connectivity index (χ2v) is 4.50. The van der Waals surface area contributed by atoms with Crippen LogP contribution in [0.4, 0.5) is 27.1 Å². The lowest BCUT2D eigenvalue weighted by molar-refractivity contribution is -0.138. The molecule has 0 aliphatic carbocycles. The van der Waals surface area contributed by atoms with Gasteiger partial charge in [-0.15, -0.1) is 10.2 Å². The number of carbonyl (C=O) groups is 1. The summed E-state index contributed by atoms with van der Waals surface area (Å²) in [6, 6.07) is 2.04. The summed E-state index contributed by atoms with van der Waals surface area (Å²) in [7, 11) is 0. The Morgan fingerprint density at radius 3 is 2.20 bits per heavy atom. The van der Waals surface area contributed by atoms with Crippen LogP contribution in [0.1, 0.15) is 15.4 Å². The summed E-state index contributed by atoms with van der Waals surface area (Å²) in [6.07, 6.45) is -4.67. The van der Waals surface area contributed by atoms with Crippen molar-refractivity contribution in [2.45, 2.75) is 6.18 Å². The second kappa shape index (κ2) is 5.12. The van der Waals surface area contributed by atoms with Gasteiger partial charge in [-0.1, -0.05) is 11.3 Å². The minimum Gasteiger partial charge on any atom is -0.296 e. The molecule has 1 N–H and O–H groups in total. The minimum atomic E-state index is -4.67. The quantitative estimate of drug-likeness (QED) is 0.867. The first kappa shape index (κ1) is 14.3. The third-order valence-corrected chi connectivity index (χ3v) is 2.90. The summed E-state index contributed by atoms with van der Waals surface area (Å²) >= 11 is 0.105. The average Bonchev–Trinajstić information content (AvgIpc) is 2.75. The van der Waals surface area contributed by atoms with Gasteiger partial charge in [-0.05, 0) is 12.1 Å². The molecule has 1 aromatic heterocycles. The Morgan fingerprint density at radius 1 is 1.10 bits per heavy atom. The third kappa shape index (κ3) is 3.26. The van der Waals surface area contributed by atoms with Gasteiger partial charge in [-0.3, -0.25) is 10.1 Å². The maximum atomic E-state index is 12.9. The van der Waals surface area contributed by atoms with Crippen molar-refractivity contribution in [2.24, 2.45) is 0 Å². The molecule has 0 saturated heterocycles. The lowest BCUT2D eigenvalue weighted by Crippen LogP contribution is -2.12. The fourth-order valence-corrected chi connectivity index (χ4v) is 1.85. The third-order valence-electron chi connectivity index (χ3n) is 2.01. The molecule has 106 valence electrons. The van der Waals surface area contributed by atoms with Crippen LogP contribution in [0.2, 0.25) is 0 Å². The zero-order valence-corrected chi connectivity index (χ0v) is 10.1. The van der Waals surface area contributed by atoms with E-state index in [0.717, 1.165) is 12.1 Å². The first-order valence-electron chi connectivity index (χ1n) is 4.94. The van der Waals surface area contributed by atoms with E-state index in [2.05, 4.69) is 10.2 Å². The summed E-state index contributed by atoms with van der Waals surface area (Å²) in [4.78, 5) is 11.6. The molecule has 1 amide bonds. The summed E-state index contributed by atoms with van der Waals surface area (Å²) in [5, 5.41) is 6.29. The number of rotatable bonds is 2. The van der Waals surface area contributed by atoms with E-state index in [1.807, 2.05) is 5.32 Å². The van der Waals surface area contributed by atoms with Crippen LogP contribution in [0.5, 0.6) is 0 Å². The molecule has 2 aromatic rings. The van der Waals surface area contributed by atoms with Crippen LogP contribution in [0.25, 0.3) is 0 Å². The van der Waals surface area contributed by atoms with Crippen molar-refractivity contribution in [1.82, 2.24) is 10.2 Å². The van der Waals surface area contributed by atoms with E-state index >= 15 is 0 Å². The van der Waals surface area contributed by atoms with Gasteiger partial charge in [0.05, 0.1) is 0 Å². The van der Waals surface area contributed by atoms with E-state index in [0.29, 0.717) is 6.07 Å². The number of alkyl halides is 3. The number of aromatic nitrogens is 2. The predicted octanol–water partition coefficient (Wildman–Crippen LogP) is 3.09. The Labute approximate surface area is 112 Å². The number of halogens is 5. The number of hydrogen-bond donors (Lipinski definition) is 1. The monoisotopic (exact) mass is 309 g/mol. The van der Waals surface area contributed by atoms with Crippen molar-refractivity contribution < 1.29 is 26.7 Å². The van der Waals surface area contributed by atoms with Gasteiger partial charge in [-0.2, -0.15) is 13.2 Å². The molecular formula is C10H4F5N3OS. The number of nitrogens with one attached hydrogen (secondary N) is 1. The number of benzene rings is 1. The van der Waals surface area contributed by atoms with Crippen molar-refractivity contribution >= 4 is 22.4 Å². The zero-order chi connectivity index (χ0) is 14.9. The SMILES string of the molecule is O=C(Nc1nnc(C(F)(F)F)s1)c1cc(F)cc(F)c1. The molecule has 0 aliphatic rings. The molecule has 0 aliphatic heterocycles. The highest BCUT2D eigenvalue weighted by atomic mass is 32.1. The highest BCUT2D eigenvalue weighted by molar-refractivity contribution is 7.15. The van der Waals surface area contributed by atoms with Crippen LogP contribution in [0.15, 0.2) is 18.2 Å². The first-order valence-corrected chi connectivity index (χ1v) is 5.75. The molecule has 4 nitrogen and oxygen atoms in total. The molecule has 0 saturated carbocycles. The van der Waals surface area contributed by atoms with Crippen LogP contribution in [0, 0.1) is 11.6 Å². The van der Waals surface area contributed by atoms with E-state index in [9.17, 15) is 26.7 Å². The summed E-state index contributed by atoms with van der Waals surface area (Å²) in [5.41, 5.74) is -0.383. The van der Waals surface area contributed by atoms with Crippen molar-refractivity contribution in [1.29, 1.82) is 0 Å². The van der Waals surface area contributed by atoms with Gasteiger partial charge >= 0.3 is 6.18 Å². The molecule has 20 heavy (non-hydrogen) atoms. The largest absolute Gasteiger partial charge is 0.445 e. The van der Waals surface area contributed by atoms with E-state index in [1.165, 1.54) is 0 Å². The number of amides is 1. The fraction of sp³-hybridized carbons (Fsp3) is 0.100. The van der Waals surface area contributed by atoms with Gasteiger partial charge in [0, 0.05) is 11.6 Å². The standard InChI is InChI=1S/C10H4F5N3OS/c11-5-1-4(2-6(12)3-5)7(19)16-9-18-17-8(20-9)10(13,14)15/h1-3H,(H,16,18,19). The number of carbonyl (C=O) groups excluding carboxylic acids is 1. The minimum absolute atomic E-state index is 0.105. The Kier molecular flexibility index (Phi) is 3.66. The summed E-state index contributed by atoms with van der Waals surface area (Å²) < 4.78 is 62.6. The summed E-state index contributed by atoms with van der Waals surface area (Å²) in [6.45, 7) is 0. The molecule has 10 heteroatoms. The highest BCUT2D eigenvalue weighted by Gasteiger charge is 2.35. The molecule has 0 fully saturated rings. The molecular weight excluding hydrogens is 305 g/mol. The van der Waals surface area contributed by atoms with Gasteiger partial charge in [0.25, 0.3) is 5.91 Å². The van der Waals surface area contributed by atoms with E-state index in [4.69, 9.17) is 0 Å². The Balaban J connectivity index is 2.17. The molecule has 0 bridgehead atoms. The van der Waals surface area contributed by atoms with Gasteiger partial charge < -0.3 is 0 Å². The van der Waals surface area contributed by atoms with Crippen LogP contribution in [-0.4, -0.2) is 16.1 Å². The molecule has 0 spiro atoms. The maximum Gasteiger partial charge on any atom is 0.445 e. The van der Waals surface area contributed by atoms with Gasteiger partial charge in [-0.25, -0.2) is 8.78 Å². The van der Waals surface area contributed by atoms with Gasteiger partial charge in [0.15, 0.2) is 0 Å². The van der Waals surface area contributed by atoms with Crippen LogP contribution in [0.3, 0.4) is 0 Å². The molecule has 0 atom stereocenters. The predicted molar refractivity (Wildman–Crippen MR) is 59.2 cm³/mol. The highest BCUT2D eigenvalue weighted by Crippen LogP contribution is 2.33. The fourth-order valence-electron chi connectivity index (χ4n) is 1.24. The second-order valence-electron chi connectivity index (χ2n) is 3.52. The normalized spacial score (nSPS) is 11.4. The lowest BCUT2D eigenvalue weighted by Gasteiger charge is -2.01. The van der Waals surface area contributed by atoms with Gasteiger partial charge in [0.2, 0.25) is 10.1 Å². The number of anilines is 1. The van der Waals surface area contributed by atoms with Crippen molar-refractivity contribution in [3.8, 4) is 0 Å². The lowest BCUT2D eigenvalue weighted by atomic mass is 10.2. The molecule has 1 aromatic carbocycles. The maximum absolute atomic E-state index is 12.9. The smallest absolute Gasteiger partial charge is 0.296 e. The van der Waals surface area contributed by atoms with Crippen LogP contribution in [-0.2, 0) is 6.18 Å². The van der Waals surface area contributed by atoms with Crippen molar-refractivity contribution in [3.05, 3.63) is 40.4 Å². The van der Waals surface area contributed by atoms with Crippen molar-refractivity contribution in [3.63, 3.8) is 0 Å². The van der Waals surface area contributed by atoms with E-state index in [-0.39, 0.29) is 16.9 Å². The van der Waals surface area contributed by atoms with E-state index < -0.39 is 33.9 Å². The number of nitrogens with zero attached hydrogens (tertiary/aromatic N) is 2. The molecule has 2 rings (SSSR count). The Hall–Kier alpha value is -2.10. The van der Waals surface area contributed by atoms with Crippen LogP contribution >= 0.6 is 11.3 Å². The van der Waals surface area contributed by atoms with Crippen molar-refractivity contribution in [2.75, 3.05) is 5.32 Å². The topological polar surface area (TPSA) is 54.9 Å². The Morgan fingerprint density at radius 2 is 1.70 bits per heavy atom. The molecule has 0 unspecified atom stereocenters. The number of hydrogen-bond acceptors (Lipinski definition) is 4. The van der Waals surface area contributed by atoms with Gasteiger partial charge in [0.1, 0.15) is 11.6 Å².